The first kappa shape index (κ1) is 46.5. The summed E-state index contributed by atoms with van der Waals surface area (Å²) < 4.78 is 11.2. The van der Waals surface area contributed by atoms with Gasteiger partial charge in [-0.25, -0.2) is 29.5 Å². The van der Waals surface area contributed by atoms with Crippen LogP contribution in [0, 0.1) is 13.8 Å². The minimum Gasteiger partial charge on any atom is -0.542 e. The number of hydrogen-bond acceptors (Lipinski definition) is 11. The van der Waals surface area contributed by atoms with Gasteiger partial charge in [-0.2, -0.15) is 0 Å². The topological polar surface area (TPSA) is 161 Å². The molecule has 4 aromatic heterocycles. The average Bonchev–Trinajstić information content (AvgIpc) is 3.80. The third kappa shape index (κ3) is 14.2. The predicted molar refractivity (Wildman–Crippen MR) is 239 cm³/mol. The van der Waals surface area contributed by atoms with Crippen LogP contribution in [0.2, 0.25) is 18.1 Å². The Morgan fingerprint density at radius 3 is 1.51 bits per heavy atom. The Morgan fingerprint density at radius 2 is 1.15 bits per heavy atom. The van der Waals surface area contributed by atoms with Gasteiger partial charge in [0.15, 0.2) is 0 Å². The molecule has 4 amide bonds. The molecule has 0 bridgehead atoms. The molecule has 7 heterocycles. The number of aromatic nitrogens is 4. The standard InChI is InChI=1S/C22H33N5O2Si.C16H19N5O2.C4H8O.ClH/c1-17-9-10-23-20(15-17)26-11-13-27(14-12-26)21(28)25-19-8-7-18(16-24-19)29-30(5,6)22(2,3)4;1-12-4-5-17-15(10-12)20-6-8-21(9-7-20)16(23)19-14-3-2-13(22)11-18-14;1-2-4-5-3-1;/h7-10,15-16H,11-14H2,1-6H3,(H,24,25,28);2-5,10-11,22H,6-9H2,1H3,(H,18,19,23);1-4H2;1H. The van der Waals surface area contributed by atoms with Gasteiger partial charge in [0.25, 0.3) is 8.32 Å². The van der Waals surface area contributed by atoms with Crippen LogP contribution in [0.5, 0.6) is 11.5 Å². The summed E-state index contributed by atoms with van der Waals surface area (Å²) >= 11 is 0. The molecule has 15 nitrogen and oxygen atoms in total. The van der Waals surface area contributed by atoms with E-state index in [4.69, 9.17) is 9.16 Å². The van der Waals surface area contributed by atoms with E-state index < -0.39 is 8.32 Å². The van der Waals surface area contributed by atoms with E-state index in [1.807, 2.05) is 36.2 Å². The summed E-state index contributed by atoms with van der Waals surface area (Å²) in [6, 6.07) is 14.5. The quantitative estimate of drug-likeness (QED) is 0.164. The van der Waals surface area contributed by atoms with E-state index in [9.17, 15) is 14.7 Å². The first-order valence-corrected chi connectivity index (χ1v) is 22.9. The number of aryl methyl sites for hydroxylation is 2. The maximum Gasteiger partial charge on any atom is 0.323 e. The highest BCUT2D eigenvalue weighted by Gasteiger charge is 2.39. The Labute approximate surface area is 356 Å². The van der Waals surface area contributed by atoms with Gasteiger partial charge in [-0.05, 0) is 104 Å². The summed E-state index contributed by atoms with van der Waals surface area (Å²) in [5.74, 6) is 3.70. The number of pyridine rings is 4. The van der Waals surface area contributed by atoms with Crippen LogP contribution < -0.4 is 24.9 Å². The number of carbonyl (C=O) groups excluding carboxylic acids is 2. The molecule has 0 spiro atoms. The van der Waals surface area contributed by atoms with Crippen molar-refractivity contribution in [2.75, 3.05) is 86.0 Å². The largest absolute Gasteiger partial charge is 0.542 e. The SMILES string of the molecule is C1CCOC1.Cc1ccnc(N2CCN(C(=O)Nc3ccc(O)cn3)CC2)c1.Cc1ccnc(N2CCN(C(=O)Nc3ccc(O[Si](C)(C)C(C)(C)C)cn3)CC2)c1.Cl. The molecule has 3 N–H and O–H groups in total. The highest BCUT2D eigenvalue weighted by molar-refractivity contribution is 6.74. The molecule has 0 atom stereocenters. The first-order valence-electron chi connectivity index (χ1n) is 20.0. The van der Waals surface area contributed by atoms with Crippen LogP contribution in [0.15, 0.2) is 73.3 Å². The summed E-state index contributed by atoms with van der Waals surface area (Å²) in [7, 11) is -1.91. The molecule has 3 aliphatic rings. The van der Waals surface area contributed by atoms with Gasteiger partial charge in [-0.15, -0.1) is 12.4 Å². The fourth-order valence-electron chi connectivity index (χ4n) is 5.97. The van der Waals surface area contributed by atoms with Crippen LogP contribution in [0.4, 0.5) is 32.9 Å². The zero-order valence-corrected chi connectivity index (χ0v) is 37.3. The van der Waals surface area contributed by atoms with Gasteiger partial charge in [0, 0.05) is 78.0 Å². The minimum absolute atomic E-state index is 0. The molecule has 3 saturated heterocycles. The molecule has 17 heteroatoms. The van der Waals surface area contributed by atoms with Crippen LogP contribution >= 0.6 is 12.4 Å². The maximum absolute atomic E-state index is 12.6. The molecule has 59 heavy (non-hydrogen) atoms. The molecule has 0 aromatic carbocycles. The first-order chi connectivity index (χ1) is 27.7. The molecule has 0 radical (unpaired) electrons. The molecular formula is C42H61ClN10O5Si. The minimum atomic E-state index is -1.91. The fraction of sp³-hybridized carbons (Fsp3) is 0.476. The third-order valence-corrected chi connectivity index (χ3v) is 14.9. The molecule has 0 aliphatic carbocycles. The van der Waals surface area contributed by atoms with Crippen molar-refractivity contribution >= 4 is 56.1 Å². The van der Waals surface area contributed by atoms with Crippen molar-refractivity contribution in [1.82, 2.24) is 29.7 Å². The lowest BCUT2D eigenvalue weighted by molar-refractivity contribution is 0.198. The van der Waals surface area contributed by atoms with Crippen LogP contribution in [0.1, 0.15) is 44.7 Å². The number of nitrogens with zero attached hydrogens (tertiary/aromatic N) is 8. The van der Waals surface area contributed by atoms with Gasteiger partial charge in [0.2, 0.25) is 0 Å². The Bertz CT molecular complexity index is 1910. The monoisotopic (exact) mass is 848 g/mol. The van der Waals surface area contributed by atoms with E-state index in [-0.39, 0.29) is 35.3 Å². The van der Waals surface area contributed by atoms with Crippen LogP contribution in [-0.4, -0.2) is 121 Å². The van der Waals surface area contributed by atoms with Crippen molar-refractivity contribution in [3.63, 3.8) is 0 Å². The number of aromatic hydroxyl groups is 1. The summed E-state index contributed by atoms with van der Waals surface area (Å²) in [6.45, 7) is 22.7. The molecular weight excluding hydrogens is 788 g/mol. The van der Waals surface area contributed by atoms with Crippen LogP contribution in [0.3, 0.4) is 0 Å². The number of amides is 4. The molecule has 7 rings (SSSR count). The van der Waals surface area contributed by atoms with E-state index in [1.54, 1.807) is 29.4 Å². The van der Waals surface area contributed by atoms with Crippen LogP contribution in [0.25, 0.3) is 0 Å². The zero-order chi connectivity index (χ0) is 41.7. The van der Waals surface area contributed by atoms with Gasteiger partial charge in [0.05, 0.1) is 12.4 Å². The Morgan fingerprint density at radius 1 is 0.695 bits per heavy atom. The third-order valence-electron chi connectivity index (χ3n) is 10.5. The van der Waals surface area contributed by atoms with Crippen molar-refractivity contribution in [1.29, 1.82) is 0 Å². The Hall–Kier alpha value is -5.19. The second kappa shape index (κ2) is 21.7. The molecule has 320 valence electrons. The highest BCUT2D eigenvalue weighted by atomic mass is 35.5. The molecule has 0 saturated carbocycles. The smallest absolute Gasteiger partial charge is 0.323 e. The number of halogens is 1. The van der Waals surface area contributed by atoms with Crippen molar-refractivity contribution in [2.24, 2.45) is 0 Å². The second-order valence-corrected chi connectivity index (χ2v) is 20.9. The normalized spacial score (nSPS) is 15.4. The molecule has 3 aliphatic heterocycles. The molecule has 0 unspecified atom stereocenters. The Balaban J connectivity index is 0.000000234. The number of anilines is 4. The van der Waals surface area contributed by atoms with Crippen molar-refractivity contribution < 1.29 is 23.9 Å². The highest BCUT2D eigenvalue weighted by Crippen LogP contribution is 2.37. The number of piperazine rings is 2. The fourth-order valence-corrected chi connectivity index (χ4v) is 6.99. The second-order valence-electron chi connectivity index (χ2n) is 16.2. The lowest BCUT2D eigenvalue weighted by Gasteiger charge is -2.36. The van der Waals surface area contributed by atoms with E-state index in [2.05, 4.69) is 93.3 Å². The molecule has 3 fully saturated rings. The summed E-state index contributed by atoms with van der Waals surface area (Å²) in [5, 5.41) is 14.9. The van der Waals surface area contributed by atoms with Crippen molar-refractivity contribution in [3.8, 4) is 11.5 Å². The number of rotatable bonds is 6. The summed E-state index contributed by atoms with van der Waals surface area (Å²) in [6.07, 6.45) is 9.18. The number of carbonyl (C=O) groups is 2. The van der Waals surface area contributed by atoms with E-state index in [0.717, 1.165) is 56.8 Å². The summed E-state index contributed by atoms with van der Waals surface area (Å²) in [5.41, 5.74) is 2.36. The maximum atomic E-state index is 12.6. The average molecular weight is 850 g/mol. The zero-order valence-electron chi connectivity index (χ0n) is 35.5. The molecule has 4 aromatic rings. The van der Waals surface area contributed by atoms with E-state index in [0.29, 0.717) is 37.8 Å². The van der Waals surface area contributed by atoms with Gasteiger partial charge >= 0.3 is 12.1 Å². The predicted octanol–water partition coefficient (Wildman–Crippen LogP) is 7.59. The number of hydrogen-bond donors (Lipinski definition) is 3. The summed E-state index contributed by atoms with van der Waals surface area (Å²) in [4.78, 5) is 50.0. The number of nitrogens with one attached hydrogen (secondary N) is 2. The van der Waals surface area contributed by atoms with Gasteiger partial charge in [-0.3, -0.25) is 10.6 Å². The van der Waals surface area contributed by atoms with Gasteiger partial charge in [-0.1, -0.05) is 20.8 Å². The van der Waals surface area contributed by atoms with E-state index in [1.165, 1.54) is 36.2 Å². The van der Waals surface area contributed by atoms with Gasteiger partial charge in [0.1, 0.15) is 34.8 Å². The Kier molecular flexibility index (Phi) is 17.1. The van der Waals surface area contributed by atoms with Gasteiger partial charge < -0.3 is 33.9 Å². The lowest BCUT2D eigenvalue weighted by atomic mass is 10.2. The number of urea groups is 2. The van der Waals surface area contributed by atoms with Crippen LogP contribution in [-0.2, 0) is 4.74 Å². The van der Waals surface area contributed by atoms with Crippen molar-refractivity contribution in [2.45, 2.75) is 65.6 Å². The number of ether oxygens (including phenoxy) is 1. The van der Waals surface area contributed by atoms with E-state index >= 15 is 0 Å². The lowest BCUT2D eigenvalue weighted by Crippen LogP contribution is -2.50. The van der Waals surface area contributed by atoms with Crippen molar-refractivity contribution in [3.05, 3.63) is 84.4 Å².